The van der Waals surface area contributed by atoms with Crippen molar-refractivity contribution < 1.29 is 48.9 Å². The third-order valence-electron chi connectivity index (χ3n) is 7.53. The molecule has 0 unspecified atom stereocenters. The lowest BCUT2D eigenvalue weighted by atomic mass is 9.99. The van der Waals surface area contributed by atoms with Crippen LogP contribution in [-0.4, -0.2) is 131 Å². The first kappa shape index (κ1) is 47.0. The number of nitrogens with two attached hydrogens (primary N) is 4. The molecule has 0 bridgehead atoms. The van der Waals surface area contributed by atoms with E-state index in [2.05, 4.69) is 26.6 Å². The van der Waals surface area contributed by atoms with Gasteiger partial charge in [-0.2, -0.15) is 0 Å². The second-order valence-corrected chi connectivity index (χ2v) is 13.2. The lowest BCUT2D eigenvalue weighted by Gasteiger charge is -2.28. The van der Waals surface area contributed by atoms with E-state index >= 15 is 0 Å². The van der Waals surface area contributed by atoms with Gasteiger partial charge in [0.05, 0.1) is 18.8 Å². The molecule has 0 heterocycles. The SMILES string of the molecule is CC(C)C[C@H](NC(=O)[C@@H](CC(C)C)NC(=O)[C@H](CCN)NC(=O)[C@@H](N)CCN)C(=O)N[C@@H](CCN)C(=O)N[C@@H](CO)C(=O)N[C@H](C(=O)O)[C@@H](C)O. The van der Waals surface area contributed by atoms with E-state index in [1.54, 1.807) is 13.8 Å². The fourth-order valence-corrected chi connectivity index (χ4v) is 4.79. The van der Waals surface area contributed by atoms with Gasteiger partial charge in [0.2, 0.25) is 35.4 Å². The Balaban J connectivity index is 6.02. The van der Waals surface area contributed by atoms with Gasteiger partial charge in [0, 0.05) is 0 Å². The Kier molecular flexibility index (Phi) is 22.4. The lowest BCUT2D eigenvalue weighted by molar-refractivity contribution is -0.145. The molecule has 20 heteroatoms. The van der Waals surface area contributed by atoms with Crippen LogP contribution >= 0.6 is 0 Å². The average molecular weight is 733 g/mol. The van der Waals surface area contributed by atoms with Gasteiger partial charge >= 0.3 is 5.97 Å². The van der Waals surface area contributed by atoms with Crippen molar-refractivity contribution in [3.05, 3.63) is 0 Å². The highest BCUT2D eigenvalue weighted by Gasteiger charge is 2.34. The third kappa shape index (κ3) is 17.7. The van der Waals surface area contributed by atoms with E-state index in [1.165, 1.54) is 0 Å². The van der Waals surface area contributed by atoms with E-state index in [4.69, 9.17) is 22.9 Å². The maximum absolute atomic E-state index is 13.6. The number of carbonyl (C=O) groups is 7. The van der Waals surface area contributed by atoms with Crippen LogP contribution in [0.2, 0.25) is 0 Å². The number of rotatable bonds is 25. The van der Waals surface area contributed by atoms with E-state index < -0.39 is 96.4 Å². The molecular formula is C31H60N10O10. The van der Waals surface area contributed by atoms with Gasteiger partial charge in [0.1, 0.15) is 30.2 Å². The van der Waals surface area contributed by atoms with Crippen LogP contribution in [0.1, 0.15) is 66.7 Å². The van der Waals surface area contributed by atoms with Crippen molar-refractivity contribution in [3.63, 3.8) is 0 Å². The van der Waals surface area contributed by atoms with Gasteiger partial charge in [-0.25, -0.2) is 4.79 Å². The van der Waals surface area contributed by atoms with Crippen molar-refractivity contribution in [1.29, 1.82) is 0 Å². The molecule has 0 spiro atoms. The van der Waals surface area contributed by atoms with Crippen LogP contribution in [0.3, 0.4) is 0 Å². The van der Waals surface area contributed by atoms with Crippen molar-refractivity contribution >= 4 is 41.4 Å². The first-order chi connectivity index (χ1) is 23.8. The normalized spacial score (nSPS) is 16.0. The van der Waals surface area contributed by atoms with Crippen molar-refractivity contribution in [3.8, 4) is 0 Å². The largest absolute Gasteiger partial charge is 0.480 e. The lowest BCUT2D eigenvalue weighted by Crippen LogP contribution is -2.61. The first-order valence-electron chi connectivity index (χ1n) is 17.0. The summed E-state index contributed by atoms with van der Waals surface area (Å²) in [4.78, 5) is 90.0. The molecule has 0 radical (unpaired) electrons. The summed E-state index contributed by atoms with van der Waals surface area (Å²) in [5, 5.41) is 43.2. The van der Waals surface area contributed by atoms with Gasteiger partial charge in [-0.15, -0.1) is 0 Å². The maximum atomic E-state index is 13.6. The zero-order valence-electron chi connectivity index (χ0n) is 30.1. The molecule has 294 valence electrons. The van der Waals surface area contributed by atoms with Crippen LogP contribution in [0.5, 0.6) is 0 Å². The average Bonchev–Trinajstić information content (AvgIpc) is 3.03. The van der Waals surface area contributed by atoms with Gasteiger partial charge in [-0.3, -0.25) is 28.8 Å². The Labute approximate surface area is 298 Å². The molecule has 0 rings (SSSR count). The van der Waals surface area contributed by atoms with Crippen LogP contribution in [0, 0.1) is 11.8 Å². The third-order valence-corrected chi connectivity index (χ3v) is 7.53. The molecule has 6 amide bonds. The van der Waals surface area contributed by atoms with E-state index in [-0.39, 0.29) is 63.6 Å². The van der Waals surface area contributed by atoms with Crippen molar-refractivity contribution in [2.24, 2.45) is 34.8 Å². The molecule has 0 saturated heterocycles. The molecule has 8 atom stereocenters. The van der Waals surface area contributed by atoms with Crippen LogP contribution in [0.4, 0.5) is 0 Å². The maximum Gasteiger partial charge on any atom is 0.328 e. The minimum Gasteiger partial charge on any atom is -0.480 e. The van der Waals surface area contributed by atoms with Gasteiger partial charge < -0.3 is 70.2 Å². The Morgan fingerprint density at radius 3 is 1.20 bits per heavy atom. The Morgan fingerprint density at radius 2 is 0.863 bits per heavy atom. The predicted molar refractivity (Wildman–Crippen MR) is 186 cm³/mol. The highest BCUT2D eigenvalue weighted by atomic mass is 16.4. The number of aliphatic carboxylic acids is 1. The van der Waals surface area contributed by atoms with E-state index in [1.807, 2.05) is 19.2 Å². The van der Waals surface area contributed by atoms with Gasteiger partial charge in [0.25, 0.3) is 0 Å². The Morgan fingerprint density at radius 1 is 0.529 bits per heavy atom. The van der Waals surface area contributed by atoms with Crippen LogP contribution in [0.15, 0.2) is 0 Å². The number of amides is 6. The smallest absolute Gasteiger partial charge is 0.328 e. The minimum absolute atomic E-state index is 0.0359. The molecule has 0 aromatic heterocycles. The zero-order valence-corrected chi connectivity index (χ0v) is 30.1. The fourth-order valence-electron chi connectivity index (χ4n) is 4.79. The summed E-state index contributed by atoms with van der Waals surface area (Å²) in [5.41, 5.74) is 22.6. The molecule has 51 heavy (non-hydrogen) atoms. The monoisotopic (exact) mass is 732 g/mol. The number of aliphatic hydroxyl groups is 2. The van der Waals surface area contributed by atoms with Gasteiger partial charge in [0.15, 0.2) is 6.04 Å². The summed E-state index contributed by atoms with van der Waals surface area (Å²) in [6.45, 7) is 7.50. The number of carboxylic acids is 1. The first-order valence-corrected chi connectivity index (χ1v) is 17.0. The quantitative estimate of drug-likeness (QED) is 0.0417. The summed E-state index contributed by atoms with van der Waals surface area (Å²) in [7, 11) is 0. The molecule has 0 aliphatic heterocycles. The van der Waals surface area contributed by atoms with Crippen LogP contribution in [0.25, 0.3) is 0 Å². The van der Waals surface area contributed by atoms with Crippen molar-refractivity contribution in [2.45, 2.75) is 115 Å². The van der Waals surface area contributed by atoms with Crippen molar-refractivity contribution in [2.75, 3.05) is 26.2 Å². The molecule has 20 nitrogen and oxygen atoms in total. The Hall–Kier alpha value is -3.95. The number of carbonyl (C=O) groups excluding carboxylic acids is 6. The van der Waals surface area contributed by atoms with E-state index in [0.29, 0.717) is 0 Å². The van der Waals surface area contributed by atoms with E-state index in [9.17, 15) is 48.9 Å². The fraction of sp³-hybridized carbons (Fsp3) is 0.774. The number of hydrogen-bond acceptors (Lipinski definition) is 13. The number of nitrogens with one attached hydrogen (secondary N) is 6. The number of carboxylic acid groups (broad SMARTS) is 1. The summed E-state index contributed by atoms with van der Waals surface area (Å²) in [6, 6.07) is -9.12. The molecule has 0 saturated carbocycles. The summed E-state index contributed by atoms with van der Waals surface area (Å²) in [5.74, 6) is -6.62. The standard InChI is InChI=1S/C31H60N10O10/c1-15(2)12-21(28(47)37-20(8-11-34)27(46)40-23(14-42)30(49)41-24(17(5)43)31(50)51)39-29(48)22(13-16(3)4)38-26(45)19(7-10-33)36-25(44)18(35)6-9-32/h15-24,42-43H,6-14,32-35H2,1-5H3,(H,36,44)(H,37,47)(H,38,45)(H,39,48)(H,40,46)(H,41,49)(H,50,51)/t17-,18+,19+,20+,21+,22-,23+,24+/m1/s1. The molecule has 0 aromatic carbocycles. The van der Waals surface area contributed by atoms with Gasteiger partial charge in [-0.1, -0.05) is 27.7 Å². The molecule has 0 aliphatic rings. The Bertz CT molecular complexity index is 1160. The molecular weight excluding hydrogens is 672 g/mol. The summed E-state index contributed by atoms with van der Waals surface area (Å²) < 4.78 is 0. The number of aliphatic hydroxyl groups excluding tert-OH is 2. The van der Waals surface area contributed by atoms with Crippen molar-refractivity contribution in [1.82, 2.24) is 31.9 Å². The zero-order chi connectivity index (χ0) is 39.4. The molecule has 0 fully saturated rings. The highest BCUT2D eigenvalue weighted by Crippen LogP contribution is 2.10. The van der Waals surface area contributed by atoms with E-state index in [0.717, 1.165) is 6.92 Å². The number of hydrogen-bond donors (Lipinski definition) is 13. The van der Waals surface area contributed by atoms with Crippen LogP contribution in [-0.2, 0) is 33.6 Å². The van der Waals surface area contributed by atoms with Gasteiger partial charge in [-0.05, 0) is 70.5 Å². The highest BCUT2D eigenvalue weighted by molar-refractivity contribution is 5.97. The predicted octanol–water partition coefficient (Wildman–Crippen LogP) is -5.18. The molecule has 17 N–H and O–H groups in total. The second-order valence-electron chi connectivity index (χ2n) is 13.2. The molecule has 0 aliphatic carbocycles. The minimum atomic E-state index is -1.72. The van der Waals surface area contributed by atoms with Crippen LogP contribution < -0.4 is 54.8 Å². The second kappa shape index (κ2) is 24.3. The summed E-state index contributed by atoms with van der Waals surface area (Å²) >= 11 is 0. The topological polar surface area (TPSA) is 356 Å². The molecule has 0 aromatic rings. The summed E-state index contributed by atoms with van der Waals surface area (Å²) in [6.07, 6.45) is -1.12.